The standard InChI is InChI=1S/C23H30O6.C22H29FO4/c1-13(24)29-12-19(27)23(28)9-7-17-16-5-4-14-10-15(25)6-8-21(14,2)20(16)18(26)11-22(17,23)3;1-12-9-17-15-6-8-21(27,13(2)24)20(15,4)11-18(26)22(17,23)19(3)7-5-14(25)10-16(12)19/h6,8,10,16-18,20,26,28H,4-5,7,9,11-12H2,1-3H3;5,7,10,12,15,17-18,26-27H,6,8-9,11H2,1-4H3/t16-,17-,18-,20+,21-,22-,23-;12-,15-,17-,18-,19-,20-,21-,22-/m00/s1. The Bertz CT molecular complexity index is 1880. The fourth-order valence-corrected chi connectivity index (χ4v) is 14.3. The number of rotatable bonds is 4. The van der Waals surface area contributed by atoms with Crippen molar-refractivity contribution in [1.82, 2.24) is 0 Å². The van der Waals surface area contributed by atoms with E-state index < -0.39 is 69.6 Å². The minimum absolute atomic E-state index is 0.00153. The first kappa shape index (κ1) is 41.1. The lowest BCUT2D eigenvalue weighted by Crippen LogP contribution is -2.69. The van der Waals surface area contributed by atoms with Gasteiger partial charge in [-0.3, -0.25) is 24.0 Å². The molecule has 6 fully saturated rings. The van der Waals surface area contributed by atoms with Crippen molar-refractivity contribution in [2.24, 2.45) is 57.2 Å². The van der Waals surface area contributed by atoms with E-state index in [-0.39, 0.29) is 58.8 Å². The second kappa shape index (κ2) is 13.2. The lowest BCUT2D eigenvalue weighted by atomic mass is 9.43. The summed E-state index contributed by atoms with van der Waals surface area (Å²) >= 11 is 0. The number of halogens is 1. The first-order chi connectivity index (χ1) is 25.9. The molecule has 8 rings (SSSR count). The molecule has 0 unspecified atom stereocenters. The zero-order valence-corrected chi connectivity index (χ0v) is 33.8. The van der Waals surface area contributed by atoms with Crippen LogP contribution in [0.4, 0.5) is 4.39 Å². The van der Waals surface area contributed by atoms with Crippen molar-refractivity contribution in [2.45, 2.75) is 135 Å². The molecule has 56 heavy (non-hydrogen) atoms. The fourth-order valence-electron chi connectivity index (χ4n) is 14.3. The third-order valence-electron chi connectivity index (χ3n) is 17.2. The van der Waals surface area contributed by atoms with E-state index in [1.165, 1.54) is 26.0 Å². The Labute approximate surface area is 328 Å². The maximum Gasteiger partial charge on any atom is 0.303 e. The largest absolute Gasteiger partial charge is 0.458 e. The van der Waals surface area contributed by atoms with Gasteiger partial charge in [-0.2, -0.15) is 0 Å². The van der Waals surface area contributed by atoms with Crippen LogP contribution in [0, 0.1) is 57.2 Å². The van der Waals surface area contributed by atoms with E-state index in [2.05, 4.69) is 6.92 Å². The number of ether oxygens (including phenoxy) is 1. The summed E-state index contributed by atoms with van der Waals surface area (Å²) in [4.78, 5) is 60.1. The van der Waals surface area contributed by atoms with Crippen molar-refractivity contribution in [3.63, 3.8) is 0 Å². The van der Waals surface area contributed by atoms with Gasteiger partial charge < -0.3 is 25.2 Å². The Hall–Kier alpha value is -3.12. The van der Waals surface area contributed by atoms with Gasteiger partial charge in [0, 0.05) is 40.4 Å². The summed E-state index contributed by atoms with van der Waals surface area (Å²) in [5.74, 6) is -1.94. The SMILES string of the molecule is CC(=O)OCC(=O)[C@@]1(O)CC[C@H]2[C@@H]3CCC4=CC(=O)C=C[C@]4(C)[C@H]3[C@@H](O)C[C@@]21C.CC(=O)[C@@]1(O)CC[C@H]2[C@@H]3C[C@H](C)C4=CC(=O)C=C[C@]4(C)[C@@]3(F)[C@@H](O)C[C@@]21C. The number of aliphatic hydroxyl groups excluding tert-OH is 2. The van der Waals surface area contributed by atoms with Gasteiger partial charge in [-0.15, -0.1) is 0 Å². The summed E-state index contributed by atoms with van der Waals surface area (Å²) in [6, 6.07) is 0. The second-order valence-corrected chi connectivity index (χ2v) is 19.6. The highest BCUT2D eigenvalue weighted by Gasteiger charge is 2.74. The average molecular weight is 779 g/mol. The molecule has 8 aliphatic rings. The van der Waals surface area contributed by atoms with Crippen molar-refractivity contribution < 1.29 is 53.5 Å². The maximum atomic E-state index is 16.9. The lowest BCUT2D eigenvalue weighted by Gasteiger charge is -2.63. The third kappa shape index (κ3) is 5.35. The molecule has 0 aliphatic heterocycles. The van der Waals surface area contributed by atoms with Crippen LogP contribution in [0.2, 0.25) is 0 Å². The summed E-state index contributed by atoms with van der Waals surface area (Å²) in [5.41, 5.74) is -6.26. The topological polar surface area (TPSA) is 176 Å². The van der Waals surface area contributed by atoms with Crippen LogP contribution in [0.3, 0.4) is 0 Å². The van der Waals surface area contributed by atoms with E-state index >= 15 is 4.39 Å². The first-order valence-electron chi connectivity index (χ1n) is 20.5. The van der Waals surface area contributed by atoms with Crippen LogP contribution in [0.1, 0.15) is 106 Å². The van der Waals surface area contributed by atoms with E-state index in [0.717, 1.165) is 24.0 Å². The average Bonchev–Trinajstić information content (AvgIpc) is 3.55. The normalized spacial score (nSPS) is 49.7. The number of aliphatic hydroxyl groups is 4. The van der Waals surface area contributed by atoms with Gasteiger partial charge >= 0.3 is 5.97 Å². The smallest absolute Gasteiger partial charge is 0.303 e. The summed E-state index contributed by atoms with van der Waals surface area (Å²) in [7, 11) is 0. The van der Waals surface area contributed by atoms with E-state index in [1.807, 2.05) is 26.8 Å². The molecule has 0 bridgehead atoms. The molecule has 306 valence electrons. The second-order valence-electron chi connectivity index (χ2n) is 19.6. The van der Waals surface area contributed by atoms with Crippen LogP contribution in [0.25, 0.3) is 0 Å². The molecule has 8 aliphatic carbocycles. The predicted molar refractivity (Wildman–Crippen MR) is 203 cm³/mol. The number of allylic oxidation sites excluding steroid dienone is 8. The van der Waals surface area contributed by atoms with Gasteiger partial charge in [-0.25, -0.2) is 4.39 Å². The zero-order valence-electron chi connectivity index (χ0n) is 33.8. The summed E-state index contributed by atoms with van der Waals surface area (Å²) in [6.07, 6.45) is 12.2. The Morgan fingerprint density at radius 1 is 0.839 bits per heavy atom. The highest BCUT2D eigenvalue weighted by Crippen LogP contribution is 2.71. The summed E-state index contributed by atoms with van der Waals surface area (Å²) < 4.78 is 21.7. The molecule has 0 saturated heterocycles. The number of Topliss-reactive ketones (excluding diaryl/α,β-unsaturated/α-hetero) is 2. The van der Waals surface area contributed by atoms with Crippen molar-refractivity contribution in [3.05, 3.63) is 47.6 Å². The molecule has 6 saturated carbocycles. The van der Waals surface area contributed by atoms with Crippen LogP contribution in [-0.4, -0.2) is 85.2 Å². The van der Waals surface area contributed by atoms with Crippen molar-refractivity contribution in [2.75, 3.05) is 6.61 Å². The number of carbonyl (C=O) groups excluding carboxylic acids is 5. The Morgan fingerprint density at radius 3 is 2.11 bits per heavy atom. The molecular formula is C45H59FO10. The van der Waals surface area contributed by atoms with Crippen molar-refractivity contribution in [3.8, 4) is 0 Å². The van der Waals surface area contributed by atoms with Gasteiger partial charge in [0.05, 0.1) is 12.2 Å². The lowest BCUT2D eigenvalue weighted by molar-refractivity contribution is -0.219. The molecule has 15 atom stereocenters. The molecule has 0 radical (unpaired) electrons. The summed E-state index contributed by atoms with van der Waals surface area (Å²) in [6.45, 7) is 11.8. The molecule has 0 heterocycles. The van der Waals surface area contributed by atoms with Gasteiger partial charge in [-0.05, 0) is 120 Å². The minimum Gasteiger partial charge on any atom is -0.458 e. The van der Waals surface area contributed by atoms with Gasteiger partial charge in [0.1, 0.15) is 11.2 Å². The van der Waals surface area contributed by atoms with Gasteiger partial charge in [0.25, 0.3) is 0 Å². The molecule has 10 nitrogen and oxygen atoms in total. The number of fused-ring (bicyclic) bond motifs is 10. The quantitative estimate of drug-likeness (QED) is 0.283. The van der Waals surface area contributed by atoms with E-state index in [1.54, 1.807) is 25.2 Å². The maximum absolute atomic E-state index is 16.9. The Balaban J connectivity index is 0.000000172. The zero-order chi connectivity index (χ0) is 41.2. The van der Waals surface area contributed by atoms with Crippen LogP contribution >= 0.6 is 0 Å². The molecule has 4 N–H and O–H groups in total. The van der Waals surface area contributed by atoms with Gasteiger partial charge in [0.15, 0.2) is 29.6 Å². The van der Waals surface area contributed by atoms with Crippen LogP contribution < -0.4 is 0 Å². The number of ketones is 4. The molecule has 0 spiro atoms. The molecule has 11 heteroatoms. The highest BCUT2D eigenvalue weighted by atomic mass is 19.1. The number of hydrogen-bond acceptors (Lipinski definition) is 10. The highest BCUT2D eigenvalue weighted by molar-refractivity contribution is 6.02. The third-order valence-corrected chi connectivity index (χ3v) is 17.2. The van der Waals surface area contributed by atoms with Crippen molar-refractivity contribution >= 4 is 29.1 Å². The molecular weight excluding hydrogens is 719 g/mol. The molecule has 0 aromatic heterocycles. The van der Waals surface area contributed by atoms with Crippen LogP contribution in [0.15, 0.2) is 47.6 Å². The van der Waals surface area contributed by atoms with E-state index in [0.29, 0.717) is 38.5 Å². The first-order valence-corrected chi connectivity index (χ1v) is 20.5. The van der Waals surface area contributed by atoms with Crippen LogP contribution in [-0.2, 0) is 28.7 Å². The Morgan fingerprint density at radius 2 is 1.45 bits per heavy atom. The number of esters is 1. The van der Waals surface area contributed by atoms with E-state index in [4.69, 9.17) is 4.74 Å². The molecule has 0 aromatic carbocycles. The Kier molecular flexibility index (Phi) is 9.68. The van der Waals surface area contributed by atoms with E-state index in [9.17, 15) is 44.4 Å². The molecule has 0 amide bonds. The minimum atomic E-state index is -1.92. The monoisotopic (exact) mass is 778 g/mol. The van der Waals surface area contributed by atoms with Crippen LogP contribution in [0.5, 0.6) is 0 Å². The van der Waals surface area contributed by atoms with Crippen molar-refractivity contribution in [1.29, 1.82) is 0 Å². The summed E-state index contributed by atoms with van der Waals surface area (Å²) in [5, 5.41) is 45.0. The predicted octanol–water partition coefficient (Wildman–Crippen LogP) is 5.05. The number of hydrogen-bond donors (Lipinski definition) is 4. The van der Waals surface area contributed by atoms with Gasteiger partial charge in [0.2, 0.25) is 5.78 Å². The fraction of sp³-hybridized carbons (Fsp3) is 0.711. The number of carbonyl (C=O) groups is 5. The van der Waals surface area contributed by atoms with Gasteiger partial charge in [-0.1, -0.05) is 51.0 Å². The number of alkyl halides is 1. The molecule has 0 aromatic rings.